The van der Waals surface area contributed by atoms with Gasteiger partial charge in [-0.05, 0) is 43.7 Å². The first-order valence-corrected chi connectivity index (χ1v) is 5.85. The number of fused-ring (bicyclic) bond motifs is 3. The molecule has 0 aliphatic heterocycles. The van der Waals surface area contributed by atoms with Crippen LogP contribution in [0.5, 0.6) is 0 Å². The van der Waals surface area contributed by atoms with E-state index in [1.54, 1.807) is 0 Å². The van der Waals surface area contributed by atoms with Crippen molar-refractivity contribution in [2.45, 2.75) is 13.8 Å². The summed E-state index contributed by atoms with van der Waals surface area (Å²) in [5.74, 6) is 0. The van der Waals surface area contributed by atoms with Crippen molar-refractivity contribution in [3.8, 4) is 0 Å². The molecule has 0 bridgehead atoms. The molecule has 3 rings (SSSR count). The van der Waals surface area contributed by atoms with Crippen LogP contribution in [0.15, 0.2) is 30.5 Å². The van der Waals surface area contributed by atoms with Gasteiger partial charge in [-0.1, -0.05) is 11.6 Å². The number of rotatable bonds is 0. The maximum atomic E-state index is 6.24. The molecule has 0 aliphatic carbocycles. The molecule has 0 N–H and O–H groups in total. The molecule has 1 aromatic carbocycles. The van der Waals surface area contributed by atoms with Crippen molar-refractivity contribution in [1.29, 1.82) is 0 Å². The minimum absolute atomic E-state index is 0.746. The molecule has 17 heavy (non-hydrogen) atoms. The van der Waals surface area contributed by atoms with E-state index >= 15 is 0 Å². The van der Waals surface area contributed by atoms with Crippen LogP contribution in [0.1, 0.15) is 11.3 Å². The van der Waals surface area contributed by atoms with Gasteiger partial charge in [-0.3, -0.25) is 9.97 Å². The molecular formula is C14H11ClN2. The molecule has 0 aliphatic rings. The minimum Gasteiger partial charge on any atom is -0.256 e. The van der Waals surface area contributed by atoms with E-state index in [2.05, 4.69) is 16.0 Å². The highest BCUT2D eigenvalue weighted by molar-refractivity contribution is 6.36. The van der Waals surface area contributed by atoms with Crippen LogP contribution in [-0.4, -0.2) is 9.97 Å². The van der Waals surface area contributed by atoms with Crippen LogP contribution in [0.25, 0.3) is 21.8 Å². The second-order valence-electron chi connectivity index (χ2n) is 4.29. The predicted molar refractivity (Wildman–Crippen MR) is 71.5 cm³/mol. The molecule has 0 saturated heterocycles. The molecule has 3 aromatic rings. The van der Waals surface area contributed by atoms with E-state index in [1.807, 2.05) is 38.2 Å². The van der Waals surface area contributed by atoms with E-state index in [4.69, 9.17) is 11.6 Å². The largest absolute Gasteiger partial charge is 0.256 e. The van der Waals surface area contributed by atoms with Crippen LogP contribution < -0.4 is 0 Å². The van der Waals surface area contributed by atoms with E-state index in [0.717, 1.165) is 38.1 Å². The summed E-state index contributed by atoms with van der Waals surface area (Å²) in [6, 6.07) is 7.96. The Kier molecular flexibility index (Phi) is 2.26. The van der Waals surface area contributed by atoms with Crippen LogP contribution in [-0.2, 0) is 0 Å². The zero-order valence-electron chi connectivity index (χ0n) is 9.66. The average Bonchev–Trinajstić information content (AvgIpc) is 2.28. The summed E-state index contributed by atoms with van der Waals surface area (Å²) >= 11 is 6.24. The van der Waals surface area contributed by atoms with E-state index < -0.39 is 0 Å². The number of benzene rings is 1. The maximum absolute atomic E-state index is 6.24. The van der Waals surface area contributed by atoms with Gasteiger partial charge in [0, 0.05) is 22.7 Å². The lowest BCUT2D eigenvalue weighted by Crippen LogP contribution is -1.89. The summed E-state index contributed by atoms with van der Waals surface area (Å²) in [5, 5.41) is 2.79. The molecule has 2 nitrogen and oxygen atoms in total. The normalized spacial score (nSPS) is 11.2. The number of hydrogen-bond donors (Lipinski definition) is 0. The fraction of sp³-hybridized carbons (Fsp3) is 0.143. The van der Waals surface area contributed by atoms with Gasteiger partial charge < -0.3 is 0 Å². The molecule has 0 fully saturated rings. The number of aromatic nitrogens is 2. The van der Waals surface area contributed by atoms with E-state index in [9.17, 15) is 0 Å². The number of halogens is 1. The standard InChI is InChI=1S/C14H11ClN2/c1-8-5-11-13(16-7-8)4-3-10-12(15)6-9(2)17-14(10)11/h3-7H,1-2H3. The fourth-order valence-electron chi connectivity index (χ4n) is 2.07. The van der Waals surface area contributed by atoms with Gasteiger partial charge >= 0.3 is 0 Å². The molecule has 0 atom stereocenters. The van der Waals surface area contributed by atoms with Gasteiger partial charge in [-0.2, -0.15) is 0 Å². The van der Waals surface area contributed by atoms with Gasteiger partial charge in [0.25, 0.3) is 0 Å². The first kappa shape index (κ1) is 10.5. The lowest BCUT2D eigenvalue weighted by atomic mass is 10.1. The van der Waals surface area contributed by atoms with Crippen LogP contribution in [0.2, 0.25) is 5.02 Å². The number of pyridine rings is 2. The van der Waals surface area contributed by atoms with Crippen molar-refractivity contribution < 1.29 is 0 Å². The Hall–Kier alpha value is -1.67. The summed E-state index contributed by atoms with van der Waals surface area (Å²) < 4.78 is 0. The molecule has 2 heterocycles. The van der Waals surface area contributed by atoms with Gasteiger partial charge in [-0.15, -0.1) is 0 Å². The van der Waals surface area contributed by atoms with Gasteiger partial charge in [0.2, 0.25) is 0 Å². The van der Waals surface area contributed by atoms with Crippen LogP contribution in [0, 0.1) is 13.8 Å². The van der Waals surface area contributed by atoms with E-state index in [-0.39, 0.29) is 0 Å². The van der Waals surface area contributed by atoms with Crippen molar-refractivity contribution in [1.82, 2.24) is 9.97 Å². The summed E-state index contributed by atoms with van der Waals surface area (Å²) in [6.45, 7) is 3.98. The molecule has 3 heteroatoms. The monoisotopic (exact) mass is 242 g/mol. The number of hydrogen-bond acceptors (Lipinski definition) is 2. The molecule has 0 spiro atoms. The highest BCUT2D eigenvalue weighted by atomic mass is 35.5. The van der Waals surface area contributed by atoms with Gasteiger partial charge in [-0.25, -0.2) is 0 Å². The maximum Gasteiger partial charge on any atom is 0.0814 e. The third kappa shape index (κ3) is 1.65. The van der Waals surface area contributed by atoms with E-state index in [0.29, 0.717) is 0 Å². The molecule has 0 amide bonds. The summed E-state index contributed by atoms with van der Waals surface area (Å²) in [7, 11) is 0. The quantitative estimate of drug-likeness (QED) is 0.556. The molecule has 84 valence electrons. The van der Waals surface area contributed by atoms with Crippen LogP contribution >= 0.6 is 11.6 Å². The third-order valence-corrected chi connectivity index (χ3v) is 3.17. The minimum atomic E-state index is 0.746. The second kappa shape index (κ2) is 3.67. The zero-order chi connectivity index (χ0) is 12.0. The van der Waals surface area contributed by atoms with E-state index in [1.165, 1.54) is 0 Å². The molecule has 2 aromatic heterocycles. The fourth-order valence-corrected chi connectivity index (χ4v) is 2.38. The van der Waals surface area contributed by atoms with Crippen molar-refractivity contribution in [3.63, 3.8) is 0 Å². The Balaban J connectivity index is 2.58. The van der Waals surface area contributed by atoms with Crippen molar-refractivity contribution in [2.75, 3.05) is 0 Å². The molecule has 0 saturated carbocycles. The number of aryl methyl sites for hydroxylation is 2. The lowest BCUT2D eigenvalue weighted by molar-refractivity contribution is 1.26. The van der Waals surface area contributed by atoms with Crippen molar-refractivity contribution >= 4 is 33.4 Å². The first-order chi connectivity index (χ1) is 8.15. The Bertz CT molecular complexity index is 735. The van der Waals surface area contributed by atoms with Gasteiger partial charge in [0.15, 0.2) is 0 Å². The zero-order valence-corrected chi connectivity index (χ0v) is 10.4. The molecular weight excluding hydrogens is 232 g/mol. The molecule has 0 unspecified atom stereocenters. The van der Waals surface area contributed by atoms with Gasteiger partial charge in [0.05, 0.1) is 16.1 Å². The SMILES string of the molecule is Cc1cnc2ccc3c(Cl)cc(C)nc3c2c1. The smallest absolute Gasteiger partial charge is 0.0814 e. The highest BCUT2D eigenvalue weighted by Crippen LogP contribution is 2.28. The van der Waals surface area contributed by atoms with Crippen LogP contribution in [0.4, 0.5) is 0 Å². The Morgan fingerprint density at radius 3 is 2.71 bits per heavy atom. The van der Waals surface area contributed by atoms with Crippen molar-refractivity contribution in [3.05, 3.63) is 46.7 Å². The topological polar surface area (TPSA) is 25.8 Å². The first-order valence-electron chi connectivity index (χ1n) is 5.47. The highest BCUT2D eigenvalue weighted by Gasteiger charge is 2.07. The Morgan fingerprint density at radius 2 is 1.88 bits per heavy atom. The summed E-state index contributed by atoms with van der Waals surface area (Å²) in [6.07, 6.45) is 1.87. The second-order valence-corrected chi connectivity index (χ2v) is 4.69. The summed E-state index contributed by atoms with van der Waals surface area (Å²) in [4.78, 5) is 8.99. The lowest BCUT2D eigenvalue weighted by Gasteiger charge is -2.06. The van der Waals surface area contributed by atoms with Gasteiger partial charge in [0.1, 0.15) is 0 Å². The number of nitrogens with zero attached hydrogens (tertiary/aromatic N) is 2. The molecule has 0 radical (unpaired) electrons. The Labute approximate surface area is 104 Å². The Morgan fingerprint density at radius 1 is 1.06 bits per heavy atom. The third-order valence-electron chi connectivity index (χ3n) is 2.85. The summed E-state index contributed by atoms with van der Waals surface area (Å²) in [5.41, 5.74) is 3.95. The average molecular weight is 243 g/mol. The predicted octanol–water partition coefficient (Wildman–Crippen LogP) is 4.05. The van der Waals surface area contributed by atoms with Crippen LogP contribution in [0.3, 0.4) is 0 Å². The van der Waals surface area contributed by atoms with Crippen molar-refractivity contribution in [2.24, 2.45) is 0 Å².